The first-order valence-electron chi connectivity index (χ1n) is 6.53. The number of hydrogen-bond acceptors (Lipinski definition) is 3. The molecule has 0 spiro atoms. The SMILES string of the molecule is NC(=O)c1ccccc1OCCCc1cccc(N)c1. The first kappa shape index (κ1) is 13.9. The zero-order valence-electron chi connectivity index (χ0n) is 11.2. The van der Waals surface area contributed by atoms with Crippen LogP contribution in [-0.2, 0) is 6.42 Å². The van der Waals surface area contributed by atoms with Gasteiger partial charge in [0.15, 0.2) is 0 Å². The van der Waals surface area contributed by atoms with Crippen LogP contribution in [0.15, 0.2) is 48.5 Å². The summed E-state index contributed by atoms with van der Waals surface area (Å²) in [5, 5.41) is 0. The molecule has 0 aliphatic rings. The van der Waals surface area contributed by atoms with Crippen LogP contribution in [0.3, 0.4) is 0 Å². The van der Waals surface area contributed by atoms with E-state index in [4.69, 9.17) is 16.2 Å². The Hall–Kier alpha value is -2.49. The number of rotatable bonds is 6. The molecule has 2 aromatic carbocycles. The molecule has 4 nitrogen and oxygen atoms in total. The average Bonchev–Trinajstić information content (AvgIpc) is 2.44. The molecular formula is C16H18N2O2. The zero-order chi connectivity index (χ0) is 14.4. The number of amides is 1. The fourth-order valence-corrected chi connectivity index (χ4v) is 2.00. The van der Waals surface area contributed by atoms with Crippen LogP contribution < -0.4 is 16.2 Å². The van der Waals surface area contributed by atoms with Crippen LogP contribution >= 0.6 is 0 Å². The van der Waals surface area contributed by atoms with Gasteiger partial charge < -0.3 is 16.2 Å². The summed E-state index contributed by atoms with van der Waals surface area (Å²) < 4.78 is 5.62. The van der Waals surface area contributed by atoms with Gasteiger partial charge in [-0.25, -0.2) is 0 Å². The second-order valence-corrected chi connectivity index (χ2v) is 4.56. The van der Waals surface area contributed by atoms with Gasteiger partial charge in [-0.15, -0.1) is 0 Å². The van der Waals surface area contributed by atoms with Crippen molar-refractivity contribution in [3.8, 4) is 5.75 Å². The number of para-hydroxylation sites is 1. The van der Waals surface area contributed by atoms with Crippen molar-refractivity contribution < 1.29 is 9.53 Å². The number of anilines is 1. The Kier molecular flexibility index (Phi) is 4.60. The Labute approximate surface area is 118 Å². The van der Waals surface area contributed by atoms with Crippen molar-refractivity contribution in [3.63, 3.8) is 0 Å². The molecule has 20 heavy (non-hydrogen) atoms. The molecule has 4 heteroatoms. The summed E-state index contributed by atoms with van der Waals surface area (Å²) in [5.41, 5.74) is 13.4. The predicted octanol–water partition coefficient (Wildman–Crippen LogP) is 2.38. The first-order chi connectivity index (χ1) is 9.66. The van der Waals surface area contributed by atoms with Crippen LogP contribution in [0.5, 0.6) is 5.75 Å². The summed E-state index contributed by atoms with van der Waals surface area (Å²) in [4.78, 5) is 11.2. The molecule has 0 unspecified atom stereocenters. The van der Waals surface area contributed by atoms with Gasteiger partial charge in [0, 0.05) is 5.69 Å². The van der Waals surface area contributed by atoms with Crippen molar-refractivity contribution in [2.45, 2.75) is 12.8 Å². The largest absolute Gasteiger partial charge is 0.493 e. The van der Waals surface area contributed by atoms with Gasteiger partial charge in [-0.2, -0.15) is 0 Å². The fraction of sp³-hybridized carbons (Fsp3) is 0.188. The van der Waals surface area contributed by atoms with Gasteiger partial charge in [0.05, 0.1) is 12.2 Å². The molecule has 0 heterocycles. The molecule has 0 aliphatic carbocycles. The number of aryl methyl sites for hydroxylation is 1. The molecule has 0 aromatic heterocycles. The average molecular weight is 270 g/mol. The number of nitrogens with two attached hydrogens (primary N) is 2. The predicted molar refractivity (Wildman–Crippen MR) is 79.6 cm³/mol. The number of carbonyl (C=O) groups is 1. The molecular weight excluding hydrogens is 252 g/mol. The van der Waals surface area contributed by atoms with E-state index in [1.54, 1.807) is 18.2 Å². The van der Waals surface area contributed by atoms with Gasteiger partial charge in [-0.3, -0.25) is 4.79 Å². The Morgan fingerprint density at radius 2 is 1.90 bits per heavy atom. The van der Waals surface area contributed by atoms with Crippen molar-refractivity contribution in [1.29, 1.82) is 0 Å². The van der Waals surface area contributed by atoms with E-state index in [9.17, 15) is 4.79 Å². The van der Waals surface area contributed by atoms with E-state index in [0.29, 0.717) is 17.9 Å². The van der Waals surface area contributed by atoms with E-state index in [1.807, 2.05) is 30.3 Å². The lowest BCUT2D eigenvalue weighted by Crippen LogP contribution is -2.13. The standard InChI is InChI=1S/C16H18N2O2/c17-13-7-3-5-12(11-13)6-4-10-20-15-9-2-1-8-14(15)16(18)19/h1-3,5,7-9,11H,4,6,10,17H2,(H2,18,19). The van der Waals surface area contributed by atoms with Gasteiger partial charge in [0.25, 0.3) is 5.91 Å². The smallest absolute Gasteiger partial charge is 0.252 e. The van der Waals surface area contributed by atoms with Crippen molar-refractivity contribution in [3.05, 3.63) is 59.7 Å². The summed E-state index contributed by atoms with van der Waals surface area (Å²) in [6.07, 6.45) is 1.72. The highest BCUT2D eigenvalue weighted by molar-refractivity contribution is 5.95. The van der Waals surface area contributed by atoms with Gasteiger partial charge in [-0.1, -0.05) is 24.3 Å². The number of primary amides is 1. The van der Waals surface area contributed by atoms with Crippen molar-refractivity contribution >= 4 is 11.6 Å². The summed E-state index contributed by atoms with van der Waals surface area (Å²) >= 11 is 0. The fourth-order valence-electron chi connectivity index (χ4n) is 2.00. The normalized spacial score (nSPS) is 10.2. The van der Waals surface area contributed by atoms with Crippen LogP contribution in [0.25, 0.3) is 0 Å². The summed E-state index contributed by atoms with van der Waals surface area (Å²) in [5.74, 6) is 0.0593. The van der Waals surface area contributed by atoms with Crippen LogP contribution in [0, 0.1) is 0 Å². The maximum Gasteiger partial charge on any atom is 0.252 e. The number of benzene rings is 2. The molecule has 0 fully saturated rings. The van der Waals surface area contributed by atoms with E-state index < -0.39 is 5.91 Å². The van der Waals surface area contributed by atoms with Crippen molar-refractivity contribution in [1.82, 2.24) is 0 Å². The Bertz CT molecular complexity index is 597. The molecule has 0 aliphatic heterocycles. The third-order valence-corrected chi connectivity index (χ3v) is 2.97. The summed E-state index contributed by atoms with van der Waals surface area (Å²) in [6.45, 7) is 0.527. The maximum absolute atomic E-state index is 11.2. The summed E-state index contributed by atoms with van der Waals surface area (Å²) in [7, 11) is 0. The number of nitrogen functional groups attached to an aromatic ring is 1. The van der Waals surface area contributed by atoms with Gasteiger partial charge in [-0.05, 0) is 42.7 Å². The highest BCUT2D eigenvalue weighted by Crippen LogP contribution is 2.17. The zero-order valence-corrected chi connectivity index (χ0v) is 11.2. The number of ether oxygens (including phenoxy) is 1. The van der Waals surface area contributed by atoms with E-state index in [0.717, 1.165) is 18.5 Å². The Morgan fingerprint density at radius 1 is 1.10 bits per heavy atom. The molecule has 0 saturated carbocycles. The van der Waals surface area contributed by atoms with Crippen LogP contribution in [0.2, 0.25) is 0 Å². The van der Waals surface area contributed by atoms with Crippen molar-refractivity contribution in [2.75, 3.05) is 12.3 Å². The molecule has 0 atom stereocenters. The second-order valence-electron chi connectivity index (χ2n) is 4.56. The molecule has 0 bridgehead atoms. The highest BCUT2D eigenvalue weighted by atomic mass is 16.5. The molecule has 2 rings (SSSR count). The van der Waals surface area contributed by atoms with Gasteiger partial charge in [0.2, 0.25) is 0 Å². The van der Waals surface area contributed by atoms with Crippen LogP contribution in [0.4, 0.5) is 5.69 Å². The topological polar surface area (TPSA) is 78.3 Å². The minimum Gasteiger partial charge on any atom is -0.493 e. The Morgan fingerprint density at radius 3 is 2.65 bits per heavy atom. The molecule has 2 aromatic rings. The number of carbonyl (C=O) groups excluding carboxylic acids is 1. The van der Waals surface area contributed by atoms with E-state index in [-0.39, 0.29) is 0 Å². The van der Waals surface area contributed by atoms with Crippen LogP contribution in [-0.4, -0.2) is 12.5 Å². The second kappa shape index (κ2) is 6.61. The van der Waals surface area contributed by atoms with E-state index >= 15 is 0 Å². The molecule has 104 valence electrons. The minimum absolute atomic E-state index is 0.413. The molecule has 0 radical (unpaired) electrons. The highest BCUT2D eigenvalue weighted by Gasteiger charge is 2.07. The first-order valence-corrected chi connectivity index (χ1v) is 6.53. The number of hydrogen-bond donors (Lipinski definition) is 2. The monoisotopic (exact) mass is 270 g/mol. The Balaban J connectivity index is 1.86. The third-order valence-electron chi connectivity index (χ3n) is 2.97. The van der Waals surface area contributed by atoms with Gasteiger partial charge in [0.1, 0.15) is 5.75 Å². The van der Waals surface area contributed by atoms with E-state index in [1.165, 1.54) is 5.56 Å². The lowest BCUT2D eigenvalue weighted by atomic mass is 10.1. The molecule has 4 N–H and O–H groups in total. The third kappa shape index (κ3) is 3.75. The van der Waals surface area contributed by atoms with E-state index in [2.05, 4.69) is 0 Å². The van der Waals surface area contributed by atoms with Crippen LogP contribution in [0.1, 0.15) is 22.3 Å². The molecule has 1 amide bonds. The lowest BCUT2D eigenvalue weighted by molar-refractivity contribution is 0.0996. The maximum atomic E-state index is 11.2. The minimum atomic E-state index is -0.476. The molecule has 0 saturated heterocycles. The van der Waals surface area contributed by atoms with Crippen molar-refractivity contribution in [2.24, 2.45) is 5.73 Å². The summed E-state index contributed by atoms with van der Waals surface area (Å²) in [6, 6.07) is 14.8. The van der Waals surface area contributed by atoms with Gasteiger partial charge >= 0.3 is 0 Å². The lowest BCUT2D eigenvalue weighted by Gasteiger charge is -2.09. The quantitative estimate of drug-likeness (QED) is 0.625.